The zero-order valence-corrected chi connectivity index (χ0v) is 7.93. The van der Waals surface area contributed by atoms with E-state index in [9.17, 15) is 8.78 Å². The molecule has 0 aromatic carbocycles. The van der Waals surface area contributed by atoms with Crippen LogP contribution in [0.3, 0.4) is 0 Å². The molecule has 3 nitrogen and oxygen atoms in total. The van der Waals surface area contributed by atoms with Gasteiger partial charge in [0.05, 0.1) is 6.54 Å². The van der Waals surface area contributed by atoms with Gasteiger partial charge in [-0.1, -0.05) is 0 Å². The average molecular weight is 205 g/mol. The van der Waals surface area contributed by atoms with Gasteiger partial charge in [-0.15, -0.1) is 0 Å². The number of aryl methyl sites for hydroxylation is 1. The van der Waals surface area contributed by atoms with Crippen molar-refractivity contribution in [3.05, 3.63) is 23.2 Å². The van der Waals surface area contributed by atoms with Gasteiger partial charge in [0.1, 0.15) is 24.7 Å². The van der Waals surface area contributed by atoms with Crippen molar-refractivity contribution in [2.24, 2.45) is 5.73 Å². The fourth-order valence-electron chi connectivity index (χ4n) is 1.11. The predicted molar refractivity (Wildman–Crippen MR) is 47.0 cm³/mol. The molecule has 2 N–H and O–H groups in total. The van der Waals surface area contributed by atoms with E-state index in [1.54, 1.807) is 6.07 Å². The van der Waals surface area contributed by atoms with E-state index in [0.29, 0.717) is 18.1 Å². The summed E-state index contributed by atoms with van der Waals surface area (Å²) in [5, 5.41) is 0. The second-order valence-electron chi connectivity index (χ2n) is 2.93. The molecule has 1 rings (SSSR count). The van der Waals surface area contributed by atoms with Crippen molar-refractivity contribution in [1.29, 1.82) is 0 Å². The van der Waals surface area contributed by atoms with Gasteiger partial charge in [-0.2, -0.15) is 0 Å². The summed E-state index contributed by atoms with van der Waals surface area (Å²) in [5.74, 6) is 1.20. The SMILES string of the molecule is Cc1cc(COCC(F)F)oc1CN. The number of hydrogen-bond acceptors (Lipinski definition) is 3. The Morgan fingerprint density at radius 3 is 2.79 bits per heavy atom. The lowest BCUT2D eigenvalue weighted by molar-refractivity contribution is 0.00429. The highest BCUT2D eigenvalue weighted by molar-refractivity contribution is 5.19. The van der Waals surface area contributed by atoms with Gasteiger partial charge in [0.15, 0.2) is 0 Å². The van der Waals surface area contributed by atoms with Crippen LogP contribution in [0.5, 0.6) is 0 Å². The van der Waals surface area contributed by atoms with Crippen LogP contribution in [0.1, 0.15) is 17.1 Å². The lowest BCUT2D eigenvalue weighted by atomic mass is 10.3. The highest BCUT2D eigenvalue weighted by Gasteiger charge is 2.07. The van der Waals surface area contributed by atoms with E-state index < -0.39 is 13.0 Å². The third-order valence-corrected chi connectivity index (χ3v) is 1.75. The van der Waals surface area contributed by atoms with Crippen LogP contribution in [-0.4, -0.2) is 13.0 Å². The van der Waals surface area contributed by atoms with Gasteiger partial charge in [-0.05, 0) is 18.6 Å². The van der Waals surface area contributed by atoms with E-state index in [0.717, 1.165) is 5.56 Å². The summed E-state index contributed by atoms with van der Waals surface area (Å²) in [6, 6.07) is 1.74. The summed E-state index contributed by atoms with van der Waals surface area (Å²) in [6.45, 7) is 1.64. The topological polar surface area (TPSA) is 48.4 Å². The Morgan fingerprint density at radius 2 is 2.29 bits per heavy atom. The second-order valence-corrected chi connectivity index (χ2v) is 2.93. The molecule has 14 heavy (non-hydrogen) atoms. The standard InChI is InChI=1S/C9H13F2NO2/c1-6-2-7(14-8(6)3-12)4-13-5-9(10)11/h2,9H,3-5,12H2,1H3. The molecule has 0 spiro atoms. The molecule has 1 heterocycles. The third kappa shape index (κ3) is 3.08. The summed E-state index contributed by atoms with van der Waals surface area (Å²) >= 11 is 0. The molecule has 0 atom stereocenters. The molecule has 0 bridgehead atoms. The van der Waals surface area contributed by atoms with Crippen LogP contribution in [0.2, 0.25) is 0 Å². The minimum atomic E-state index is -2.44. The molecule has 0 amide bonds. The van der Waals surface area contributed by atoms with Crippen molar-refractivity contribution in [1.82, 2.24) is 0 Å². The molecule has 0 saturated heterocycles. The van der Waals surface area contributed by atoms with Crippen LogP contribution < -0.4 is 5.73 Å². The minimum absolute atomic E-state index is 0.0607. The Balaban J connectivity index is 2.43. The molecule has 5 heteroatoms. The summed E-state index contributed by atoms with van der Waals surface area (Å²) in [7, 11) is 0. The first-order valence-electron chi connectivity index (χ1n) is 4.27. The number of hydrogen-bond donors (Lipinski definition) is 1. The summed E-state index contributed by atoms with van der Waals surface area (Å²) < 4.78 is 33.4. The Hall–Kier alpha value is -0.940. The Bertz CT molecular complexity index is 286. The third-order valence-electron chi connectivity index (χ3n) is 1.75. The quantitative estimate of drug-likeness (QED) is 0.797. The minimum Gasteiger partial charge on any atom is -0.462 e. The molecule has 1 aromatic rings. The molecule has 0 aliphatic rings. The Labute approximate surface area is 80.8 Å². The lowest BCUT2D eigenvalue weighted by Crippen LogP contribution is -2.03. The summed E-state index contributed by atoms with van der Waals surface area (Å²) in [6.07, 6.45) is -2.44. The van der Waals surface area contributed by atoms with E-state index in [1.807, 2.05) is 6.92 Å². The van der Waals surface area contributed by atoms with Crippen molar-refractivity contribution >= 4 is 0 Å². The van der Waals surface area contributed by atoms with Crippen LogP contribution in [0.25, 0.3) is 0 Å². The van der Waals surface area contributed by atoms with Gasteiger partial charge in [-0.3, -0.25) is 0 Å². The van der Waals surface area contributed by atoms with Crippen LogP contribution in [0.15, 0.2) is 10.5 Å². The molecule has 0 saturated carbocycles. The molecule has 0 radical (unpaired) electrons. The van der Waals surface area contributed by atoms with Crippen LogP contribution in [0, 0.1) is 6.92 Å². The number of furan rings is 1. The zero-order valence-electron chi connectivity index (χ0n) is 7.93. The van der Waals surface area contributed by atoms with E-state index in [4.69, 9.17) is 14.9 Å². The van der Waals surface area contributed by atoms with Gasteiger partial charge in [0.2, 0.25) is 0 Å². The van der Waals surface area contributed by atoms with Crippen LogP contribution in [0.4, 0.5) is 8.78 Å². The monoisotopic (exact) mass is 205 g/mol. The molecule has 0 aliphatic carbocycles. The molecule has 0 aliphatic heterocycles. The van der Waals surface area contributed by atoms with E-state index in [-0.39, 0.29) is 6.61 Å². The highest BCUT2D eigenvalue weighted by atomic mass is 19.3. The summed E-state index contributed by atoms with van der Waals surface area (Å²) in [4.78, 5) is 0. The average Bonchev–Trinajstić information content (AvgIpc) is 2.45. The van der Waals surface area contributed by atoms with Crippen molar-refractivity contribution in [3.8, 4) is 0 Å². The van der Waals surface area contributed by atoms with Gasteiger partial charge in [0, 0.05) is 0 Å². The van der Waals surface area contributed by atoms with Gasteiger partial charge in [-0.25, -0.2) is 8.78 Å². The number of halogens is 2. The van der Waals surface area contributed by atoms with Gasteiger partial charge < -0.3 is 14.9 Å². The molecule has 0 unspecified atom stereocenters. The zero-order chi connectivity index (χ0) is 10.6. The maximum atomic E-state index is 11.7. The molecule has 1 aromatic heterocycles. The smallest absolute Gasteiger partial charge is 0.261 e. The molecule has 0 fully saturated rings. The van der Waals surface area contributed by atoms with E-state index in [2.05, 4.69) is 0 Å². The molecular formula is C9H13F2NO2. The van der Waals surface area contributed by atoms with Crippen molar-refractivity contribution in [2.75, 3.05) is 6.61 Å². The van der Waals surface area contributed by atoms with Crippen molar-refractivity contribution in [2.45, 2.75) is 26.5 Å². The first-order valence-corrected chi connectivity index (χ1v) is 4.27. The van der Waals surface area contributed by atoms with Crippen LogP contribution in [-0.2, 0) is 17.9 Å². The Morgan fingerprint density at radius 1 is 1.57 bits per heavy atom. The molecule has 80 valence electrons. The second kappa shape index (κ2) is 5.07. The van der Waals surface area contributed by atoms with E-state index in [1.165, 1.54) is 0 Å². The largest absolute Gasteiger partial charge is 0.462 e. The van der Waals surface area contributed by atoms with Gasteiger partial charge >= 0.3 is 0 Å². The first kappa shape index (κ1) is 11.1. The van der Waals surface area contributed by atoms with Crippen molar-refractivity contribution in [3.63, 3.8) is 0 Å². The number of ether oxygens (including phenoxy) is 1. The van der Waals surface area contributed by atoms with Crippen LogP contribution >= 0.6 is 0 Å². The van der Waals surface area contributed by atoms with E-state index >= 15 is 0 Å². The fourth-order valence-corrected chi connectivity index (χ4v) is 1.11. The van der Waals surface area contributed by atoms with Crippen molar-refractivity contribution < 1.29 is 17.9 Å². The summed E-state index contributed by atoms with van der Waals surface area (Å²) in [5.41, 5.74) is 6.31. The predicted octanol–water partition coefficient (Wildman–Crippen LogP) is 1.83. The molecular weight excluding hydrogens is 192 g/mol. The number of alkyl halides is 2. The van der Waals surface area contributed by atoms with Gasteiger partial charge in [0.25, 0.3) is 6.43 Å². The maximum absolute atomic E-state index is 11.7. The lowest BCUT2D eigenvalue weighted by Gasteiger charge is -1.99. The fraction of sp³-hybridized carbons (Fsp3) is 0.556. The highest BCUT2D eigenvalue weighted by Crippen LogP contribution is 2.14. The maximum Gasteiger partial charge on any atom is 0.261 e. The Kier molecular flexibility index (Phi) is 4.03. The number of rotatable bonds is 5. The first-order chi connectivity index (χ1) is 6.63. The number of nitrogens with two attached hydrogens (primary N) is 1. The normalized spacial score (nSPS) is 11.2.